The van der Waals surface area contributed by atoms with Gasteiger partial charge in [0.1, 0.15) is 5.82 Å². The van der Waals surface area contributed by atoms with Crippen LogP contribution in [0.4, 0.5) is 5.82 Å². The van der Waals surface area contributed by atoms with Crippen molar-refractivity contribution in [2.24, 2.45) is 0 Å². The zero-order valence-electron chi connectivity index (χ0n) is 19.3. The highest BCUT2D eigenvalue weighted by Gasteiger charge is 2.18. The number of aromatic nitrogens is 4. The Hall–Kier alpha value is -5.05. The number of carbonyl (C=O) groups excluding carboxylic acids is 2. The van der Waals surface area contributed by atoms with Crippen LogP contribution < -0.4 is 10.9 Å². The molecule has 0 saturated heterocycles. The van der Waals surface area contributed by atoms with Gasteiger partial charge in [0.05, 0.1) is 16.8 Å². The first kappa shape index (κ1) is 22.7. The van der Waals surface area contributed by atoms with Crippen LogP contribution in [0.15, 0.2) is 89.7 Å². The van der Waals surface area contributed by atoms with Gasteiger partial charge in [-0.25, -0.2) is 14.6 Å². The molecular weight excluding hydrogens is 458 g/mol. The fourth-order valence-electron chi connectivity index (χ4n) is 3.75. The molecule has 0 aliphatic carbocycles. The molecule has 9 heteroatoms. The van der Waals surface area contributed by atoms with Gasteiger partial charge in [0.15, 0.2) is 12.3 Å². The molecule has 0 radical (unpaired) electrons. The summed E-state index contributed by atoms with van der Waals surface area (Å²) < 4.78 is 6.81. The summed E-state index contributed by atoms with van der Waals surface area (Å²) in [7, 11) is 0. The van der Waals surface area contributed by atoms with Crippen LogP contribution in [0.25, 0.3) is 27.7 Å². The van der Waals surface area contributed by atoms with Crippen molar-refractivity contribution in [2.75, 3.05) is 11.9 Å². The second-order valence-corrected chi connectivity index (χ2v) is 8.10. The summed E-state index contributed by atoms with van der Waals surface area (Å²) in [5.74, 6) is -0.954. The number of nitrogens with zero attached hydrogens (tertiary/aromatic N) is 3. The van der Waals surface area contributed by atoms with Crippen LogP contribution in [0.5, 0.6) is 0 Å². The standard InChI is InChI=1S/C27H21N5O4/c1-17-11-13-18(14-12-17)22-15-23(32(31-22)19-7-3-2-4-8-19)28-24(33)16-36-27(35)25-20-9-5-6-10-21(20)26(34)30-29-25/h2-15H,16H2,1H3,(H,28,33)(H,30,34). The molecule has 1 amide bonds. The number of ether oxygens (including phenoxy) is 1. The van der Waals surface area contributed by atoms with E-state index in [1.54, 1.807) is 35.0 Å². The summed E-state index contributed by atoms with van der Waals surface area (Å²) in [6, 6.07) is 25.6. The van der Waals surface area contributed by atoms with Crippen LogP contribution in [-0.2, 0) is 9.53 Å². The lowest BCUT2D eigenvalue weighted by atomic mass is 10.1. The highest BCUT2D eigenvalue weighted by molar-refractivity contribution is 6.03. The predicted octanol–water partition coefficient (Wildman–Crippen LogP) is 3.88. The first-order chi connectivity index (χ1) is 17.5. The number of H-pyrrole nitrogens is 1. The topological polar surface area (TPSA) is 119 Å². The number of amides is 1. The Morgan fingerprint density at radius 1 is 0.944 bits per heavy atom. The van der Waals surface area contributed by atoms with Gasteiger partial charge in [-0.05, 0) is 25.1 Å². The van der Waals surface area contributed by atoms with Crippen molar-refractivity contribution in [1.29, 1.82) is 0 Å². The predicted molar refractivity (Wildman–Crippen MR) is 135 cm³/mol. The first-order valence-corrected chi connectivity index (χ1v) is 11.2. The number of anilines is 1. The van der Waals surface area contributed by atoms with Crippen molar-refractivity contribution in [1.82, 2.24) is 20.0 Å². The van der Waals surface area contributed by atoms with Gasteiger partial charge in [-0.2, -0.15) is 10.2 Å². The lowest BCUT2D eigenvalue weighted by Crippen LogP contribution is -2.23. The van der Waals surface area contributed by atoms with E-state index in [1.807, 2.05) is 61.5 Å². The summed E-state index contributed by atoms with van der Waals surface area (Å²) >= 11 is 0. The Morgan fingerprint density at radius 2 is 1.64 bits per heavy atom. The number of esters is 1. The highest BCUT2D eigenvalue weighted by atomic mass is 16.5. The van der Waals surface area contributed by atoms with Crippen LogP contribution in [0.3, 0.4) is 0 Å². The van der Waals surface area contributed by atoms with Crippen molar-refractivity contribution in [2.45, 2.75) is 6.92 Å². The third kappa shape index (κ3) is 4.62. The largest absolute Gasteiger partial charge is 0.451 e. The average Bonchev–Trinajstić information content (AvgIpc) is 3.32. The zero-order valence-corrected chi connectivity index (χ0v) is 19.3. The monoisotopic (exact) mass is 479 g/mol. The smallest absolute Gasteiger partial charge is 0.359 e. The van der Waals surface area contributed by atoms with Gasteiger partial charge >= 0.3 is 5.97 Å². The molecule has 0 atom stereocenters. The van der Waals surface area contributed by atoms with Crippen molar-refractivity contribution >= 4 is 28.5 Å². The Bertz CT molecular complexity index is 1620. The Labute approximate surface area is 205 Å². The zero-order chi connectivity index (χ0) is 25.1. The molecule has 36 heavy (non-hydrogen) atoms. The number of rotatable bonds is 6. The van der Waals surface area contributed by atoms with E-state index < -0.39 is 24.0 Å². The second-order valence-electron chi connectivity index (χ2n) is 8.10. The van der Waals surface area contributed by atoms with Gasteiger partial charge in [-0.15, -0.1) is 0 Å². The number of fused-ring (bicyclic) bond motifs is 1. The normalized spacial score (nSPS) is 10.8. The van der Waals surface area contributed by atoms with Gasteiger partial charge in [-0.3, -0.25) is 9.59 Å². The van der Waals surface area contributed by atoms with Gasteiger partial charge < -0.3 is 10.1 Å². The maximum Gasteiger partial charge on any atom is 0.359 e. The fourth-order valence-corrected chi connectivity index (χ4v) is 3.75. The molecule has 0 spiro atoms. The fraction of sp³-hybridized carbons (Fsp3) is 0.0741. The summed E-state index contributed by atoms with van der Waals surface area (Å²) in [6.45, 7) is 1.46. The quantitative estimate of drug-likeness (QED) is 0.357. The molecule has 9 nitrogen and oxygen atoms in total. The summed E-state index contributed by atoms with van der Waals surface area (Å²) in [4.78, 5) is 37.3. The number of hydrogen-bond acceptors (Lipinski definition) is 6. The third-order valence-electron chi connectivity index (χ3n) is 5.55. The van der Waals surface area contributed by atoms with E-state index >= 15 is 0 Å². The van der Waals surface area contributed by atoms with Gasteiger partial charge in [0, 0.05) is 17.0 Å². The van der Waals surface area contributed by atoms with E-state index in [9.17, 15) is 14.4 Å². The molecule has 2 heterocycles. The van der Waals surface area contributed by atoms with Gasteiger partial charge in [0.2, 0.25) is 0 Å². The van der Waals surface area contributed by atoms with Gasteiger partial charge in [-0.1, -0.05) is 66.2 Å². The lowest BCUT2D eigenvalue weighted by molar-refractivity contribution is -0.119. The Morgan fingerprint density at radius 3 is 2.39 bits per heavy atom. The molecule has 2 N–H and O–H groups in total. The van der Waals surface area contributed by atoms with E-state index in [4.69, 9.17) is 4.74 Å². The summed E-state index contributed by atoms with van der Waals surface area (Å²) in [5, 5.41) is 14.2. The van der Waals surface area contributed by atoms with Crippen LogP contribution in [0.1, 0.15) is 16.1 Å². The van der Waals surface area contributed by atoms with Crippen LogP contribution in [0, 0.1) is 6.92 Å². The van der Waals surface area contributed by atoms with Crippen LogP contribution in [-0.4, -0.2) is 38.5 Å². The Kier molecular flexibility index (Phi) is 6.10. The molecule has 0 aliphatic rings. The molecular formula is C27H21N5O4. The van der Waals surface area contributed by atoms with E-state index in [-0.39, 0.29) is 5.69 Å². The van der Waals surface area contributed by atoms with Crippen molar-refractivity contribution in [3.63, 3.8) is 0 Å². The number of aromatic amines is 1. The van der Waals surface area contributed by atoms with E-state index in [0.717, 1.165) is 16.8 Å². The number of hydrogen-bond donors (Lipinski definition) is 2. The number of carbonyl (C=O) groups is 2. The number of benzene rings is 3. The molecule has 5 rings (SSSR count). The lowest BCUT2D eigenvalue weighted by Gasteiger charge is -2.09. The molecule has 5 aromatic rings. The van der Waals surface area contributed by atoms with E-state index in [2.05, 4.69) is 20.6 Å². The molecule has 178 valence electrons. The van der Waals surface area contributed by atoms with Crippen molar-refractivity contribution in [3.8, 4) is 16.9 Å². The minimum Gasteiger partial charge on any atom is -0.451 e. The molecule has 0 aliphatic heterocycles. The maximum absolute atomic E-state index is 12.7. The van der Waals surface area contributed by atoms with E-state index in [0.29, 0.717) is 22.3 Å². The van der Waals surface area contributed by atoms with Crippen LogP contribution >= 0.6 is 0 Å². The molecule has 3 aromatic carbocycles. The first-order valence-electron chi connectivity index (χ1n) is 11.2. The SMILES string of the molecule is Cc1ccc(-c2cc(NC(=O)COC(=O)c3n[nH]c(=O)c4ccccc34)n(-c3ccccc3)n2)cc1. The average molecular weight is 479 g/mol. The molecule has 0 saturated carbocycles. The second kappa shape index (κ2) is 9.67. The minimum atomic E-state index is -0.825. The highest BCUT2D eigenvalue weighted by Crippen LogP contribution is 2.25. The van der Waals surface area contributed by atoms with E-state index in [1.165, 1.54) is 0 Å². The molecule has 2 aromatic heterocycles. The summed E-state index contributed by atoms with van der Waals surface area (Å²) in [6.07, 6.45) is 0. The molecule has 0 fully saturated rings. The number of nitrogens with one attached hydrogen (secondary N) is 2. The maximum atomic E-state index is 12.7. The minimum absolute atomic E-state index is 0.0750. The number of para-hydroxylation sites is 1. The van der Waals surface area contributed by atoms with Crippen LogP contribution in [0.2, 0.25) is 0 Å². The summed E-state index contributed by atoms with van der Waals surface area (Å²) in [5.41, 5.74) is 2.96. The van der Waals surface area contributed by atoms with Crippen molar-refractivity contribution in [3.05, 3.63) is 107 Å². The number of aryl methyl sites for hydroxylation is 1. The van der Waals surface area contributed by atoms with Gasteiger partial charge in [0.25, 0.3) is 11.5 Å². The molecule has 0 bridgehead atoms. The molecule has 0 unspecified atom stereocenters. The van der Waals surface area contributed by atoms with Crippen molar-refractivity contribution < 1.29 is 14.3 Å². The Balaban J connectivity index is 1.36. The third-order valence-corrected chi connectivity index (χ3v) is 5.55.